The molecule has 1 aromatic heterocycles. The summed E-state index contributed by atoms with van der Waals surface area (Å²) in [4.78, 5) is 24.0. The normalized spacial score (nSPS) is 13.5. The second-order valence-electron chi connectivity index (χ2n) is 3.37. The highest BCUT2D eigenvalue weighted by atomic mass is 16.5. The van der Waals surface area contributed by atoms with Crippen LogP contribution in [0.15, 0.2) is 24.3 Å². The Labute approximate surface area is 89.1 Å². The van der Waals surface area contributed by atoms with Gasteiger partial charge in [-0.1, -0.05) is 24.3 Å². The van der Waals surface area contributed by atoms with Gasteiger partial charge < -0.3 is 5.21 Å². The minimum atomic E-state index is -0.398. The summed E-state index contributed by atoms with van der Waals surface area (Å²) < 4.78 is 0. The van der Waals surface area contributed by atoms with Crippen LogP contribution in [0.4, 0.5) is 0 Å². The van der Waals surface area contributed by atoms with E-state index in [9.17, 15) is 9.59 Å². The first-order valence-corrected chi connectivity index (χ1v) is 4.53. The first kappa shape index (κ1) is 8.78. The highest BCUT2D eigenvalue weighted by molar-refractivity contribution is 6.26. The van der Waals surface area contributed by atoms with E-state index >= 15 is 0 Å². The number of hydrogen-bond acceptors (Lipinski definition) is 5. The molecule has 0 aliphatic heterocycles. The van der Waals surface area contributed by atoms with Gasteiger partial charge in [-0.15, -0.1) is 10.2 Å². The van der Waals surface area contributed by atoms with Crippen LogP contribution in [-0.2, 0) is 0 Å². The second-order valence-corrected chi connectivity index (χ2v) is 3.37. The summed E-state index contributed by atoms with van der Waals surface area (Å²) in [6, 6.07) is 6.43. The Morgan fingerprint density at radius 2 is 1.38 bits per heavy atom. The molecule has 2 aromatic rings. The smallest absolute Gasteiger partial charge is 0.216 e. The lowest BCUT2D eigenvalue weighted by atomic mass is 9.90. The van der Waals surface area contributed by atoms with Gasteiger partial charge in [0.05, 0.1) is 0 Å². The molecular weight excluding hydrogens is 210 g/mol. The summed E-state index contributed by atoms with van der Waals surface area (Å²) in [5.74, 6) is -0.795. The van der Waals surface area contributed by atoms with Crippen molar-refractivity contribution in [3.63, 3.8) is 0 Å². The van der Waals surface area contributed by atoms with Gasteiger partial charge in [0, 0.05) is 11.1 Å². The number of rotatable bonds is 0. The quantitative estimate of drug-likeness (QED) is 0.545. The van der Waals surface area contributed by atoms with E-state index in [2.05, 4.69) is 10.2 Å². The number of nitrogens with zero attached hydrogens (tertiary/aromatic N) is 3. The second kappa shape index (κ2) is 2.75. The third kappa shape index (κ3) is 0.952. The van der Waals surface area contributed by atoms with Crippen LogP contribution in [0.5, 0.6) is 0 Å². The van der Waals surface area contributed by atoms with Gasteiger partial charge in [-0.05, 0) is 4.96 Å². The number of fused-ring (bicyclic) bond motifs is 2. The van der Waals surface area contributed by atoms with Crippen LogP contribution in [0, 0.1) is 0 Å². The lowest BCUT2D eigenvalue weighted by Gasteiger charge is -2.10. The van der Waals surface area contributed by atoms with Crippen LogP contribution < -0.4 is 0 Å². The summed E-state index contributed by atoms with van der Waals surface area (Å²) in [6.45, 7) is 0. The molecule has 0 spiro atoms. The Balaban J connectivity index is 2.34. The van der Waals surface area contributed by atoms with E-state index in [1.165, 1.54) is 0 Å². The summed E-state index contributed by atoms with van der Waals surface area (Å²) >= 11 is 0. The molecule has 0 atom stereocenters. The minimum absolute atomic E-state index is 0.105. The first-order valence-electron chi connectivity index (χ1n) is 4.53. The Morgan fingerprint density at radius 1 is 0.938 bits per heavy atom. The van der Waals surface area contributed by atoms with Gasteiger partial charge in [-0.2, -0.15) is 0 Å². The molecule has 1 aromatic carbocycles. The van der Waals surface area contributed by atoms with Crippen molar-refractivity contribution in [3.05, 3.63) is 46.8 Å². The molecule has 3 rings (SSSR count). The number of aromatic nitrogens is 3. The SMILES string of the molecule is O=C1c2ccccc2C(=O)c2nn(O)nc21. The molecule has 6 heteroatoms. The van der Waals surface area contributed by atoms with Crippen molar-refractivity contribution >= 4 is 11.6 Å². The monoisotopic (exact) mass is 215 g/mol. The molecular formula is C10H5N3O3. The van der Waals surface area contributed by atoms with Crippen molar-refractivity contribution in [1.82, 2.24) is 15.2 Å². The molecule has 6 nitrogen and oxygen atoms in total. The maximum atomic E-state index is 11.9. The molecule has 0 amide bonds. The zero-order valence-corrected chi connectivity index (χ0v) is 7.91. The van der Waals surface area contributed by atoms with Crippen molar-refractivity contribution in [2.45, 2.75) is 0 Å². The topological polar surface area (TPSA) is 85.1 Å². The van der Waals surface area contributed by atoms with Crippen LogP contribution in [0.3, 0.4) is 0 Å². The number of carbonyl (C=O) groups is 2. The van der Waals surface area contributed by atoms with Gasteiger partial charge in [0.25, 0.3) is 0 Å². The Hall–Kier alpha value is -2.50. The summed E-state index contributed by atoms with van der Waals surface area (Å²) in [5, 5.41) is 16.0. The standard InChI is InChI=1S/C10H5N3O3/c14-9-5-3-1-2-4-6(5)10(15)8-7(9)11-13(16)12-8/h1-4,16H. The van der Waals surface area contributed by atoms with E-state index in [4.69, 9.17) is 5.21 Å². The highest BCUT2D eigenvalue weighted by Crippen LogP contribution is 2.24. The van der Waals surface area contributed by atoms with Crippen molar-refractivity contribution in [3.8, 4) is 0 Å². The molecule has 0 fully saturated rings. The van der Waals surface area contributed by atoms with E-state index in [1.54, 1.807) is 24.3 Å². The van der Waals surface area contributed by atoms with E-state index in [0.717, 1.165) is 0 Å². The number of carbonyl (C=O) groups excluding carboxylic acids is 2. The van der Waals surface area contributed by atoms with Gasteiger partial charge in [0.1, 0.15) is 0 Å². The largest absolute Gasteiger partial charge is 0.396 e. The lowest BCUT2D eigenvalue weighted by molar-refractivity contribution is 0.0974. The molecule has 1 N–H and O–H groups in total. The van der Waals surface area contributed by atoms with E-state index in [-0.39, 0.29) is 16.3 Å². The van der Waals surface area contributed by atoms with Crippen LogP contribution in [0.2, 0.25) is 0 Å². The average Bonchev–Trinajstić information content (AvgIpc) is 2.68. The molecule has 1 aliphatic rings. The van der Waals surface area contributed by atoms with Crippen molar-refractivity contribution in [1.29, 1.82) is 0 Å². The van der Waals surface area contributed by atoms with Crippen LogP contribution in [-0.4, -0.2) is 31.9 Å². The number of hydrogen-bond donors (Lipinski definition) is 1. The third-order valence-corrected chi connectivity index (χ3v) is 2.45. The molecule has 0 bridgehead atoms. The minimum Gasteiger partial charge on any atom is -0.396 e. The highest BCUT2D eigenvalue weighted by Gasteiger charge is 2.34. The zero-order chi connectivity index (χ0) is 11.3. The predicted octanol–water partition coefficient (Wildman–Crippen LogP) is 0.291. The fourth-order valence-corrected chi connectivity index (χ4v) is 1.74. The maximum Gasteiger partial charge on any atom is 0.216 e. The van der Waals surface area contributed by atoms with Gasteiger partial charge in [0.2, 0.25) is 11.6 Å². The molecule has 1 heterocycles. The summed E-state index contributed by atoms with van der Waals surface area (Å²) in [6.07, 6.45) is 0. The summed E-state index contributed by atoms with van der Waals surface area (Å²) in [5.41, 5.74) is 0.374. The van der Waals surface area contributed by atoms with E-state index in [0.29, 0.717) is 11.1 Å². The maximum absolute atomic E-state index is 11.9. The first-order chi connectivity index (χ1) is 7.68. The molecule has 78 valence electrons. The third-order valence-electron chi connectivity index (χ3n) is 2.45. The number of ketones is 2. The summed E-state index contributed by atoms with van der Waals surface area (Å²) in [7, 11) is 0. The van der Waals surface area contributed by atoms with Crippen molar-refractivity contribution in [2.24, 2.45) is 0 Å². The fraction of sp³-hybridized carbons (Fsp3) is 0. The van der Waals surface area contributed by atoms with Gasteiger partial charge in [-0.25, -0.2) is 0 Å². The molecule has 0 radical (unpaired) electrons. The van der Waals surface area contributed by atoms with Crippen molar-refractivity contribution in [2.75, 3.05) is 0 Å². The van der Waals surface area contributed by atoms with E-state index < -0.39 is 11.6 Å². The molecule has 0 unspecified atom stereocenters. The fourth-order valence-electron chi connectivity index (χ4n) is 1.74. The van der Waals surface area contributed by atoms with Crippen LogP contribution in [0.25, 0.3) is 0 Å². The Morgan fingerprint density at radius 3 is 1.81 bits per heavy atom. The molecule has 16 heavy (non-hydrogen) atoms. The van der Waals surface area contributed by atoms with Crippen LogP contribution >= 0.6 is 0 Å². The van der Waals surface area contributed by atoms with E-state index in [1.807, 2.05) is 0 Å². The van der Waals surface area contributed by atoms with Gasteiger partial charge >= 0.3 is 0 Å². The number of benzene rings is 1. The van der Waals surface area contributed by atoms with Gasteiger partial charge in [0.15, 0.2) is 11.4 Å². The van der Waals surface area contributed by atoms with Gasteiger partial charge in [-0.3, -0.25) is 9.59 Å². The molecule has 1 aliphatic carbocycles. The average molecular weight is 215 g/mol. The lowest BCUT2D eigenvalue weighted by Crippen LogP contribution is -2.20. The molecule has 0 saturated carbocycles. The predicted molar refractivity (Wildman–Crippen MR) is 50.5 cm³/mol. The Kier molecular flexibility index (Phi) is 1.51. The van der Waals surface area contributed by atoms with Crippen LogP contribution in [0.1, 0.15) is 32.1 Å². The van der Waals surface area contributed by atoms with Crippen molar-refractivity contribution < 1.29 is 14.8 Å². The molecule has 0 saturated heterocycles. The zero-order valence-electron chi connectivity index (χ0n) is 7.91. The Bertz CT molecular complexity index is 577.